The molecule has 0 aliphatic carbocycles. The number of halogens is 1. The van der Waals surface area contributed by atoms with Crippen molar-refractivity contribution < 1.29 is 9.13 Å². The van der Waals surface area contributed by atoms with Crippen molar-refractivity contribution in [2.75, 3.05) is 13.7 Å². The van der Waals surface area contributed by atoms with Crippen molar-refractivity contribution in [2.24, 2.45) is 5.73 Å². The third-order valence-corrected chi connectivity index (χ3v) is 2.60. The van der Waals surface area contributed by atoms with E-state index in [2.05, 4.69) is 0 Å². The maximum Gasteiger partial charge on any atom is 0.132 e. The predicted octanol–water partition coefficient (Wildman–Crippen LogP) is 1.95. The zero-order valence-corrected chi connectivity index (χ0v) is 8.80. The Morgan fingerprint density at radius 1 is 1.50 bits per heavy atom. The molecule has 1 unspecified atom stereocenters. The number of ether oxygens (including phenoxy) is 1. The summed E-state index contributed by atoms with van der Waals surface area (Å²) in [6.45, 7) is 3.76. The smallest absolute Gasteiger partial charge is 0.132 e. The number of hydrogen-bond donors (Lipinski definition) is 1. The maximum absolute atomic E-state index is 13.7. The van der Waals surface area contributed by atoms with E-state index in [0.29, 0.717) is 11.1 Å². The summed E-state index contributed by atoms with van der Waals surface area (Å²) >= 11 is 0. The quantitative estimate of drug-likeness (QED) is 0.803. The van der Waals surface area contributed by atoms with Crippen LogP contribution in [0.1, 0.15) is 18.1 Å². The van der Waals surface area contributed by atoms with Crippen LogP contribution >= 0.6 is 0 Å². The van der Waals surface area contributed by atoms with E-state index in [9.17, 15) is 4.39 Å². The predicted molar refractivity (Wildman–Crippen MR) is 54.6 cm³/mol. The van der Waals surface area contributed by atoms with Crippen molar-refractivity contribution in [3.63, 3.8) is 0 Å². The van der Waals surface area contributed by atoms with Crippen molar-refractivity contribution in [1.82, 2.24) is 0 Å². The highest BCUT2D eigenvalue weighted by Gasteiger charge is 2.27. The van der Waals surface area contributed by atoms with Crippen molar-refractivity contribution in [2.45, 2.75) is 19.4 Å². The van der Waals surface area contributed by atoms with E-state index in [4.69, 9.17) is 10.5 Å². The van der Waals surface area contributed by atoms with E-state index >= 15 is 0 Å². The normalized spacial score (nSPS) is 15.2. The third kappa shape index (κ3) is 1.79. The molecule has 0 heterocycles. The first-order valence-corrected chi connectivity index (χ1v) is 4.56. The highest BCUT2D eigenvalue weighted by molar-refractivity contribution is 5.29. The van der Waals surface area contributed by atoms with Gasteiger partial charge >= 0.3 is 0 Å². The second-order valence-corrected chi connectivity index (χ2v) is 3.58. The lowest BCUT2D eigenvalue weighted by Crippen LogP contribution is -2.34. The van der Waals surface area contributed by atoms with Gasteiger partial charge in [0.1, 0.15) is 11.4 Å². The lowest BCUT2D eigenvalue weighted by Gasteiger charge is -2.27. The zero-order valence-electron chi connectivity index (χ0n) is 8.80. The molecule has 2 nitrogen and oxygen atoms in total. The Morgan fingerprint density at radius 2 is 2.14 bits per heavy atom. The summed E-state index contributed by atoms with van der Waals surface area (Å²) in [5.41, 5.74) is 5.96. The molecule has 0 fully saturated rings. The maximum atomic E-state index is 13.7. The topological polar surface area (TPSA) is 35.2 Å². The number of benzene rings is 1. The van der Waals surface area contributed by atoms with Gasteiger partial charge in [0.05, 0.1) is 0 Å². The zero-order chi connectivity index (χ0) is 10.8. The summed E-state index contributed by atoms with van der Waals surface area (Å²) < 4.78 is 19.0. The number of aryl methyl sites for hydroxylation is 1. The third-order valence-electron chi connectivity index (χ3n) is 2.60. The average Bonchev–Trinajstić information content (AvgIpc) is 2.21. The van der Waals surface area contributed by atoms with Gasteiger partial charge in [0, 0.05) is 19.2 Å². The Balaban J connectivity index is 3.24. The number of rotatable bonds is 3. The van der Waals surface area contributed by atoms with E-state index < -0.39 is 5.60 Å². The minimum Gasteiger partial charge on any atom is -0.372 e. The molecule has 0 amide bonds. The highest BCUT2D eigenvalue weighted by atomic mass is 19.1. The first-order valence-electron chi connectivity index (χ1n) is 4.56. The summed E-state index contributed by atoms with van der Waals surface area (Å²) in [6.07, 6.45) is 0. The van der Waals surface area contributed by atoms with E-state index in [-0.39, 0.29) is 12.4 Å². The summed E-state index contributed by atoms with van der Waals surface area (Å²) in [5.74, 6) is -0.234. The molecule has 1 rings (SSSR count). The van der Waals surface area contributed by atoms with E-state index in [1.54, 1.807) is 32.0 Å². The van der Waals surface area contributed by atoms with Crippen molar-refractivity contribution >= 4 is 0 Å². The van der Waals surface area contributed by atoms with Crippen LogP contribution in [0.15, 0.2) is 18.2 Å². The van der Waals surface area contributed by atoms with Crippen LogP contribution in [-0.2, 0) is 10.3 Å². The molecule has 1 aromatic carbocycles. The van der Waals surface area contributed by atoms with Crippen molar-refractivity contribution in [1.29, 1.82) is 0 Å². The molecule has 78 valence electrons. The highest BCUT2D eigenvalue weighted by Crippen LogP contribution is 2.27. The lowest BCUT2D eigenvalue weighted by atomic mass is 9.94. The monoisotopic (exact) mass is 197 g/mol. The number of hydrogen-bond acceptors (Lipinski definition) is 2. The molecule has 3 heteroatoms. The van der Waals surface area contributed by atoms with Crippen molar-refractivity contribution in [3.05, 3.63) is 35.1 Å². The van der Waals surface area contributed by atoms with Gasteiger partial charge in [-0.15, -0.1) is 0 Å². The van der Waals surface area contributed by atoms with Gasteiger partial charge in [-0.3, -0.25) is 0 Å². The van der Waals surface area contributed by atoms with E-state index in [1.807, 2.05) is 0 Å². The Kier molecular flexibility index (Phi) is 3.24. The molecule has 0 spiro atoms. The molecule has 2 N–H and O–H groups in total. The molecule has 0 aliphatic rings. The van der Waals surface area contributed by atoms with Gasteiger partial charge < -0.3 is 10.5 Å². The molecule has 1 aromatic rings. The minimum atomic E-state index is -0.740. The van der Waals surface area contributed by atoms with Crippen LogP contribution in [0.3, 0.4) is 0 Å². The molecular weight excluding hydrogens is 181 g/mol. The second-order valence-electron chi connectivity index (χ2n) is 3.58. The van der Waals surface area contributed by atoms with Crippen LogP contribution in [0.25, 0.3) is 0 Å². The molecule has 0 bridgehead atoms. The number of methoxy groups -OCH3 is 1. The summed E-state index contributed by atoms with van der Waals surface area (Å²) in [7, 11) is 1.54. The van der Waals surface area contributed by atoms with Crippen LogP contribution in [0.5, 0.6) is 0 Å². The first-order chi connectivity index (χ1) is 6.55. The van der Waals surface area contributed by atoms with Crippen LogP contribution in [0.2, 0.25) is 0 Å². The Hall–Kier alpha value is -0.930. The Labute approximate surface area is 83.9 Å². The van der Waals surface area contributed by atoms with Crippen molar-refractivity contribution in [3.8, 4) is 0 Å². The average molecular weight is 197 g/mol. The Bertz CT molecular complexity index is 321. The molecule has 14 heavy (non-hydrogen) atoms. The summed E-state index contributed by atoms with van der Waals surface area (Å²) in [4.78, 5) is 0. The van der Waals surface area contributed by atoms with Crippen LogP contribution in [0.4, 0.5) is 4.39 Å². The fraction of sp³-hybridized carbons (Fsp3) is 0.455. The van der Waals surface area contributed by atoms with Gasteiger partial charge in [0.2, 0.25) is 0 Å². The lowest BCUT2D eigenvalue weighted by molar-refractivity contribution is 0.00708. The molecule has 0 aromatic heterocycles. The van der Waals surface area contributed by atoms with Gasteiger partial charge in [-0.2, -0.15) is 0 Å². The first kappa shape index (κ1) is 11.1. The van der Waals surface area contributed by atoms with Gasteiger partial charge in [-0.1, -0.05) is 18.2 Å². The van der Waals surface area contributed by atoms with Crippen LogP contribution in [0, 0.1) is 12.7 Å². The van der Waals surface area contributed by atoms with Gasteiger partial charge in [-0.25, -0.2) is 4.39 Å². The van der Waals surface area contributed by atoms with Gasteiger partial charge in [0.15, 0.2) is 0 Å². The number of nitrogens with two attached hydrogens (primary N) is 1. The molecule has 0 radical (unpaired) electrons. The fourth-order valence-electron chi connectivity index (χ4n) is 1.36. The van der Waals surface area contributed by atoms with E-state index in [0.717, 1.165) is 0 Å². The standard InChI is InChI=1S/C11H16FNO/c1-8-5-4-6-9(10(8)12)11(2,7-13)14-3/h4-6H,7,13H2,1-3H3. The van der Waals surface area contributed by atoms with E-state index in [1.165, 1.54) is 7.11 Å². The molecule has 0 saturated carbocycles. The largest absolute Gasteiger partial charge is 0.372 e. The fourth-order valence-corrected chi connectivity index (χ4v) is 1.36. The minimum absolute atomic E-state index is 0.234. The molecular formula is C11H16FNO. The van der Waals surface area contributed by atoms with Gasteiger partial charge in [0.25, 0.3) is 0 Å². The SMILES string of the molecule is COC(C)(CN)c1cccc(C)c1F. The second kappa shape index (κ2) is 4.07. The summed E-state index contributed by atoms with van der Waals surface area (Å²) in [6, 6.07) is 5.24. The van der Waals surface area contributed by atoms with Gasteiger partial charge in [-0.05, 0) is 19.4 Å². The molecule has 0 saturated heterocycles. The molecule has 0 aliphatic heterocycles. The van der Waals surface area contributed by atoms with Crippen LogP contribution in [-0.4, -0.2) is 13.7 Å². The summed E-state index contributed by atoms with van der Waals surface area (Å²) in [5, 5.41) is 0. The molecule has 1 atom stereocenters. The van der Waals surface area contributed by atoms with Crippen LogP contribution < -0.4 is 5.73 Å². The Morgan fingerprint density at radius 3 is 2.64 bits per heavy atom.